The van der Waals surface area contributed by atoms with Crippen LogP contribution in [0.4, 0.5) is 10.1 Å². The Morgan fingerprint density at radius 3 is 2.59 bits per heavy atom. The van der Waals surface area contributed by atoms with Crippen LogP contribution in [0.1, 0.15) is 52.5 Å². The van der Waals surface area contributed by atoms with Crippen LogP contribution in [0.3, 0.4) is 0 Å². The Morgan fingerprint density at radius 1 is 1.09 bits per heavy atom. The van der Waals surface area contributed by atoms with E-state index >= 15 is 0 Å². The summed E-state index contributed by atoms with van der Waals surface area (Å²) in [6, 6.07) is 11.3. The van der Waals surface area contributed by atoms with Gasteiger partial charge in [0.05, 0.1) is 11.3 Å². The summed E-state index contributed by atoms with van der Waals surface area (Å²) in [6.45, 7) is 4.00. The smallest absolute Gasteiger partial charge is 0.257 e. The van der Waals surface area contributed by atoms with Gasteiger partial charge in [-0.15, -0.1) is 0 Å². The van der Waals surface area contributed by atoms with E-state index in [1.807, 2.05) is 6.92 Å². The molecule has 2 aliphatic heterocycles. The minimum Gasteiger partial charge on any atom is -0.354 e. The number of nitrogens with zero attached hydrogens (tertiary/aromatic N) is 2. The lowest BCUT2D eigenvalue weighted by Gasteiger charge is -2.48. The maximum Gasteiger partial charge on any atom is 0.257 e. The second-order valence-corrected chi connectivity index (χ2v) is 8.74. The molecule has 1 atom stereocenters. The lowest BCUT2D eigenvalue weighted by atomic mass is 9.98. The second kappa shape index (κ2) is 9.24. The van der Waals surface area contributed by atoms with Crippen molar-refractivity contribution in [2.24, 2.45) is 0 Å². The predicted octanol–water partition coefficient (Wildman–Crippen LogP) is 2.37. The van der Waals surface area contributed by atoms with Gasteiger partial charge in [0, 0.05) is 38.0 Å². The first-order chi connectivity index (χ1) is 16.2. The van der Waals surface area contributed by atoms with E-state index in [0.29, 0.717) is 29.7 Å². The quantitative estimate of drug-likeness (QED) is 0.612. The topological polar surface area (TPSA) is 98.8 Å². The van der Waals surface area contributed by atoms with E-state index in [-0.39, 0.29) is 49.3 Å². The molecule has 2 N–H and O–H groups in total. The number of halogens is 1. The van der Waals surface area contributed by atoms with E-state index in [1.165, 1.54) is 18.2 Å². The first-order valence-electron chi connectivity index (χ1n) is 11.3. The monoisotopic (exact) mass is 466 g/mol. The first-order valence-corrected chi connectivity index (χ1v) is 11.3. The second-order valence-electron chi connectivity index (χ2n) is 8.74. The van der Waals surface area contributed by atoms with Crippen molar-refractivity contribution in [2.75, 3.05) is 24.5 Å². The third kappa shape index (κ3) is 4.25. The highest BCUT2D eigenvalue weighted by molar-refractivity contribution is 6.10. The van der Waals surface area contributed by atoms with Crippen LogP contribution in [-0.4, -0.2) is 53.8 Å². The van der Waals surface area contributed by atoms with Crippen LogP contribution in [0.5, 0.6) is 0 Å². The molecule has 0 spiro atoms. The normalized spacial score (nSPS) is 19.0. The molecule has 34 heavy (non-hydrogen) atoms. The van der Waals surface area contributed by atoms with Gasteiger partial charge >= 0.3 is 0 Å². The highest BCUT2D eigenvalue weighted by atomic mass is 19.1. The molecule has 0 bridgehead atoms. The summed E-state index contributed by atoms with van der Waals surface area (Å²) in [5.74, 6) is -1.39. The van der Waals surface area contributed by atoms with Crippen LogP contribution >= 0.6 is 0 Å². The summed E-state index contributed by atoms with van der Waals surface area (Å²) < 4.78 is 13.6. The number of anilines is 1. The molecule has 4 amide bonds. The van der Waals surface area contributed by atoms with E-state index in [0.717, 1.165) is 0 Å². The number of fused-ring (bicyclic) bond motifs is 3. The number of aryl methyl sites for hydroxylation is 1. The van der Waals surface area contributed by atoms with Crippen molar-refractivity contribution in [3.63, 3.8) is 0 Å². The number of para-hydroxylation sites is 1. The first kappa shape index (κ1) is 23.4. The average molecular weight is 467 g/mol. The molecule has 2 aliphatic rings. The third-order valence-electron chi connectivity index (χ3n) is 6.47. The third-order valence-corrected chi connectivity index (χ3v) is 6.47. The molecule has 0 aliphatic carbocycles. The molecule has 1 saturated heterocycles. The number of amides is 4. The maximum atomic E-state index is 13.6. The summed E-state index contributed by atoms with van der Waals surface area (Å²) in [7, 11) is 0. The minimum atomic E-state index is -0.805. The van der Waals surface area contributed by atoms with Gasteiger partial charge in [-0.2, -0.15) is 0 Å². The molecule has 2 aromatic carbocycles. The van der Waals surface area contributed by atoms with Gasteiger partial charge in [-0.3, -0.25) is 24.1 Å². The number of carbonyl (C=O) groups is 4. The fourth-order valence-electron chi connectivity index (χ4n) is 4.56. The molecule has 4 rings (SSSR count). The largest absolute Gasteiger partial charge is 0.354 e. The Labute approximate surface area is 197 Å². The summed E-state index contributed by atoms with van der Waals surface area (Å²) in [5, 5.41) is 5.35. The van der Waals surface area contributed by atoms with Crippen LogP contribution in [0.25, 0.3) is 0 Å². The van der Waals surface area contributed by atoms with E-state index in [2.05, 4.69) is 10.6 Å². The molecule has 2 aromatic rings. The SMILES string of the molecule is Cc1ccc(C(=O)NCCNC(=O)CCN2C(=O)c3ccccc3N3C(=O)CCC23C)cc1F. The number of hydrogen-bond acceptors (Lipinski definition) is 4. The average Bonchev–Trinajstić information content (AvgIpc) is 3.13. The van der Waals surface area contributed by atoms with Crippen molar-refractivity contribution < 1.29 is 23.6 Å². The zero-order chi connectivity index (χ0) is 24.5. The summed E-state index contributed by atoms with van der Waals surface area (Å²) in [6.07, 6.45) is 0.896. The Bertz CT molecular complexity index is 1170. The number of rotatable bonds is 7. The highest BCUT2D eigenvalue weighted by Gasteiger charge is 2.52. The number of benzene rings is 2. The number of hydrogen-bond donors (Lipinski definition) is 2. The zero-order valence-electron chi connectivity index (χ0n) is 19.2. The van der Waals surface area contributed by atoms with Crippen molar-refractivity contribution >= 4 is 29.3 Å². The number of carbonyl (C=O) groups excluding carboxylic acids is 4. The minimum absolute atomic E-state index is 0.0406. The van der Waals surface area contributed by atoms with Crippen LogP contribution in [0.15, 0.2) is 42.5 Å². The summed E-state index contributed by atoms with van der Waals surface area (Å²) in [4.78, 5) is 53.6. The lowest BCUT2D eigenvalue weighted by Crippen LogP contribution is -2.62. The molecule has 178 valence electrons. The van der Waals surface area contributed by atoms with Crippen molar-refractivity contribution in [3.05, 3.63) is 65.0 Å². The van der Waals surface area contributed by atoms with Gasteiger partial charge in [0.2, 0.25) is 11.8 Å². The summed E-state index contributed by atoms with van der Waals surface area (Å²) >= 11 is 0. The predicted molar refractivity (Wildman–Crippen MR) is 124 cm³/mol. The Balaban J connectivity index is 1.30. The molecule has 1 fully saturated rings. The van der Waals surface area contributed by atoms with Crippen molar-refractivity contribution in [1.82, 2.24) is 15.5 Å². The van der Waals surface area contributed by atoms with E-state index in [1.54, 1.807) is 41.0 Å². The standard InChI is InChI=1S/C25H27FN4O4/c1-16-7-8-17(15-19(16)26)23(33)28-13-12-27-21(31)10-14-29-24(34)18-5-3-4-6-20(18)30-22(32)9-11-25(29,30)2/h3-8,15H,9-14H2,1-2H3,(H,27,31)(H,28,33). The molecular formula is C25H27FN4O4. The zero-order valence-corrected chi connectivity index (χ0v) is 19.2. The lowest BCUT2D eigenvalue weighted by molar-refractivity contribution is -0.121. The molecule has 2 heterocycles. The van der Waals surface area contributed by atoms with Crippen LogP contribution < -0.4 is 15.5 Å². The molecule has 1 unspecified atom stereocenters. The molecule has 0 saturated carbocycles. The Morgan fingerprint density at radius 2 is 1.82 bits per heavy atom. The maximum absolute atomic E-state index is 13.6. The van der Waals surface area contributed by atoms with E-state index in [4.69, 9.17) is 0 Å². The van der Waals surface area contributed by atoms with E-state index < -0.39 is 17.4 Å². The highest BCUT2D eigenvalue weighted by Crippen LogP contribution is 2.43. The molecule has 9 heteroatoms. The molecule has 8 nitrogen and oxygen atoms in total. The summed E-state index contributed by atoms with van der Waals surface area (Å²) in [5.41, 5.74) is 0.925. The molecule has 0 radical (unpaired) electrons. The van der Waals surface area contributed by atoms with Gasteiger partial charge in [-0.1, -0.05) is 18.2 Å². The molecular weight excluding hydrogens is 439 g/mol. The Kier molecular flexibility index (Phi) is 6.37. The van der Waals surface area contributed by atoms with Crippen molar-refractivity contribution in [1.29, 1.82) is 0 Å². The van der Waals surface area contributed by atoms with Gasteiger partial charge in [0.25, 0.3) is 11.8 Å². The van der Waals surface area contributed by atoms with Crippen LogP contribution in [0, 0.1) is 12.7 Å². The fraction of sp³-hybridized carbons (Fsp3) is 0.360. The van der Waals surface area contributed by atoms with Gasteiger partial charge < -0.3 is 15.5 Å². The van der Waals surface area contributed by atoms with E-state index in [9.17, 15) is 23.6 Å². The van der Waals surface area contributed by atoms with Gasteiger partial charge in [0.1, 0.15) is 11.5 Å². The van der Waals surface area contributed by atoms with Gasteiger partial charge in [0.15, 0.2) is 0 Å². The fourth-order valence-corrected chi connectivity index (χ4v) is 4.56. The Hall–Kier alpha value is -3.75. The van der Waals surface area contributed by atoms with Gasteiger partial charge in [-0.25, -0.2) is 4.39 Å². The van der Waals surface area contributed by atoms with Crippen molar-refractivity contribution in [3.8, 4) is 0 Å². The van der Waals surface area contributed by atoms with Crippen LogP contribution in [-0.2, 0) is 9.59 Å². The molecule has 0 aromatic heterocycles. The van der Waals surface area contributed by atoms with Crippen LogP contribution in [0.2, 0.25) is 0 Å². The van der Waals surface area contributed by atoms with Crippen molar-refractivity contribution in [2.45, 2.75) is 38.8 Å². The van der Waals surface area contributed by atoms with Gasteiger partial charge in [-0.05, 0) is 50.1 Å². The number of nitrogens with one attached hydrogen (secondary N) is 2.